The van der Waals surface area contributed by atoms with Crippen molar-refractivity contribution in [1.29, 1.82) is 0 Å². The van der Waals surface area contributed by atoms with Crippen LogP contribution in [0.1, 0.15) is 16.5 Å². The third kappa shape index (κ3) is 2.81. The highest BCUT2D eigenvalue weighted by atomic mass is 127. The monoisotopic (exact) mass is 394 g/mol. The number of thiophene rings is 1. The average molecular weight is 395 g/mol. The molecule has 0 aliphatic heterocycles. The van der Waals surface area contributed by atoms with E-state index >= 15 is 0 Å². The zero-order valence-electron chi connectivity index (χ0n) is 7.65. The highest BCUT2D eigenvalue weighted by molar-refractivity contribution is 14.1. The molecular weight excluding hydrogens is 387 g/mol. The summed E-state index contributed by atoms with van der Waals surface area (Å²) in [6.45, 7) is 0. The molecule has 0 fully saturated rings. The van der Waals surface area contributed by atoms with Crippen molar-refractivity contribution in [3.8, 4) is 0 Å². The number of rotatable bonds is 2. The van der Waals surface area contributed by atoms with E-state index in [9.17, 15) is 5.11 Å². The van der Waals surface area contributed by atoms with Crippen LogP contribution >= 0.6 is 49.9 Å². The number of aliphatic hydroxyl groups excluding tert-OH is 1. The van der Waals surface area contributed by atoms with E-state index in [1.54, 1.807) is 11.3 Å². The van der Waals surface area contributed by atoms with Gasteiger partial charge in [0.1, 0.15) is 6.10 Å². The Morgan fingerprint density at radius 3 is 2.67 bits per heavy atom. The fraction of sp³-hybridized carbons (Fsp3) is 0.0909. The van der Waals surface area contributed by atoms with Crippen molar-refractivity contribution in [3.63, 3.8) is 0 Å². The topological polar surface area (TPSA) is 20.2 Å². The van der Waals surface area contributed by atoms with Gasteiger partial charge in [-0.25, -0.2) is 0 Å². The van der Waals surface area contributed by atoms with Gasteiger partial charge in [-0.05, 0) is 68.3 Å². The van der Waals surface area contributed by atoms with Gasteiger partial charge in [0.2, 0.25) is 0 Å². The van der Waals surface area contributed by atoms with Crippen LogP contribution in [0.15, 0.2) is 40.2 Å². The Morgan fingerprint density at radius 1 is 1.27 bits per heavy atom. The maximum Gasteiger partial charge on any atom is 0.113 e. The number of benzene rings is 1. The third-order valence-electron chi connectivity index (χ3n) is 2.03. The maximum absolute atomic E-state index is 10.1. The Balaban J connectivity index is 2.32. The summed E-state index contributed by atoms with van der Waals surface area (Å²) >= 11 is 7.20. The van der Waals surface area contributed by atoms with Crippen LogP contribution in [0, 0.1) is 3.57 Å². The van der Waals surface area contributed by atoms with Gasteiger partial charge in [0.05, 0.1) is 3.79 Å². The molecule has 0 aliphatic rings. The summed E-state index contributed by atoms with van der Waals surface area (Å²) in [4.78, 5) is 0.962. The molecule has 1 atom stereocenters. The number of halogens is 2. The van der Waals surface area contributed by atoms with Gasteiger partial charge < -0.3 is 5.11 Å². The first-order valence-corrected chi connectivity index (χ1v) is 7.04. The second-order valence-electron chi connectivity index (χ2n) is 3.10. The van der Waals surface area contributed by atoms with Gasteiger partial charge in [-0.15, -0.1) is 11.3 Å². The summed E-state index contributed by atoms with van der Waals surface area (Å²) < 4.78 is 2.18. The summed E-state index contributed by atoms with van der Waals surface area (Å²) in [6, 6.07) is 11.8. The van der Waals surface area contributed by atoms with E-state index < -0.39 is 6.10 Å². The second-order valence-corrected chi connectivity index (χ2v) is 6.84. The standard InChI is InChI=1S/C11H8BrIOS/c12-10-5-4-9(15-10)11(14)7-2-1-3-8(13)6-7/h1-6,11,14H. The molecule has 0 bridgehead atoms. The van der Waals surface area contributed by atoms with Crippen molar-refractivity contribution < 1.29 is 5.11 Å². The van der Waals surface area contributed by atoms with Crippen LogP contribution in [0.2, 0.25) is 0 Å². The molecular formula is C11H8BrIOS. The molecule has 1 unspecified atom stereocenters. The van der Waals surface area contributed by atoms with Gasteiger partial charge in [-0.3, -0.25) is 0 Å². The molecule has 0 saturated heterocycles. The minimum atomic E-state index is -0.518. The highest BCUT2D eigenvalue weighted by Gasteiger charge is 2.12. The first kappa shape index (κ1) is 11.6. The van der Waals surface area contributed by atoms with Gasteiger partial charge in [0.25, 0.3) is 0 Å². The normalized spacial score (nSPS) is 12.7. The van der Waals surface area contributed by atoms with Crippen molar-refractivity contribution in [2.75, 3.05) is 0 Å². The van der Waals surface area contributed by atoms with E-state index in [0.717, 1.165) is 17.8 Å². The summed E-state index contributed by atoms with van der Waals surface area (Å²) in [5.74, 6) is 0. The summed E-state index contributed by atoms with van der Waals surface area (Å²) in [5, 5.41) is 10.1. The summed E-state index contributed by atoms with van der Waals surface area (Å²) in [7, 11) is 0. The Kier molecular flexibility index (Phi) is 3.82. The molecule has 1 nitrogen and oxygen atoms in total. The lowest BCUT2D eigenvalue weighted by molar-refractivity contribution is 0.224. The van der Waals surface area contributed by atoms with Crippen LogP contribution in [0.4, 0.5) is 0 Å². The molecule has 0 saturated carbocycles. The van der Waals surface area contributed by atoms with Crippen LogP contribution in [-0.2, 0) is 0 Å². The van der Waals surface area contributed by atoms with Crippen LogP contribution in [0.5, 0.6) is 0 Å². The van der Waals surface area contributed by atoms with E-state index in [1.807, 2.05) is 36.4 Å². The molecule has 15 heavy (non-hydrogen) atoms. The summed E-state index contributed by atoms with van der Waals surface area (Å²) in [5.41, 5.74) is 0.941. The molecule has 2 rings (SSSR count). The van der Waals surface area contributed by atoms with Crippen LogP contribution < -0.4 is 0 Å². The van der Waals surface area contributed by atoms with Crippen LogP contribution in [0.3, 0.4) is 0 Å². The number of aliphatic hydroxyl groups is 1. The van der Waals surface area contributed by atoms with Gasteiger partial charge >= 0.3 is 0 Å². The minimum absolute atomic E-state index is 0.518. The molecule has 1 aromatic carbocycles. The van der Waals surface area contributed by atoms with E-state index in [0.29, 0.717) is 0 Å². The Labute approximate surface area is 114 Å². The number of hydrogen-bond donors (Lipinski definition) is 1. The van der Waals surface area contributed by atoms with Gasteiger partial charge in [-0.1, -0.05) is 12.1 Å². The SMILES string of the molecule is OC(c1cccc(I)c1)c1ccc(Br)s1. The molecule has 78 valence electrons. The largest absolute Gasteiger partial charge is 0.383 e. The van der Waals surface area contributed by atoms with Crippen molar-refractivity contribution in [2.45, 2.75) is 6.10 Å². The molecule has 0 spiro atoms. The summed E-state index contributed by atoms with van der Waals surface area (Å²) in [6.07, 6.45) is -0.518. The van der Waals surface area contributed by atoms with Crippen molar-refractivity contribution in [3.05, 3.63) is 54.2 Å². The second kappa shape index (κ2) is 4.95. The molecule has 1 N–H and O–H groups in total. The molecule has 0 radical (unpaired) electrons. The van der Waals surface area contributed by atoms with Gasteiger partial charge in [0, 0.05) is 8.45 Å². The Hall–Kier alpha value is 0.0900. The van der Waals surface area contributed by atoms with Gasteiger partial charge in [0.15, 0.2) is 0 Å². The van der Waals surface area contributed by atoms with Crippen LogP contribution in [-0.4, -0.2) is 5.11 Å². The first-order valence-electron chi connectivity index (χ1n) is 4.35. The zero-order valence-corrected chi connectivity index (χ0v) is 12.2. The lowest BCUT2D eigenvalue weighted by atomic mass is 10.1. The predicted molar refractivity (Wildman–Crippen MR) is 75.2 cm³/mol. The molecule has 0 aliphatic carbocycles. The average Bonchev–Trinajstić information content (AvgIpc) is 2.64. The Morgan fingerprint density at radius 2 is 2.07 bits per heavy atom. The first-order chi connectivity index (χ1) is 7.16. The smallest absolute Gasteiger partial charge is 0.113 e. The van der Waals surface area contributed by atoms with Gasteiger partial charge in [-0.2, -0.15) is 0 Å². The van der Waals surface area contributed by atoms with Crippen molar-refractivity contribution in [2.24, 2.45) is 0 Å². The maximum atomic E-state index is 10.1. The fourth-order valence-corrected chi connectivity index (χ4v) is 3.32. The number of hydrogen-bond acceptors (Lipinski definition) is 2. The van der Waals surface area contributed by atoms with E-state index in [4.69, 9.17) is 0 Å². The predicted octanol–water partition coefficient (Wildman–Crippen LogP) is 4.20. The molecule has 4 heteroatoms. The highest BCUT2D eigenvalue weighted by Crippen LogP contribution is 2.31. The third-order valence-corrected chi connectivity index (χ3v) is 4.37. The lowest BCUT2D eigenvalue weighted by Gasteiger charge is -2.08. The van der Waals surface area contributed by atoms with Crippen molar-refractivity contribution >= 4 is 49.9 Å². The van der Waals surface area contributed by atoms with E-state index in [1.165, 1.54) is 0 Å². The van der Waals surface area contributed by atoms with Crippen molar-refractivity contribution in [1.82, 2.24) is 0 Å². The van der Waals surface area contributed by atoms with E-state index in [2.05, 4.69) is 38.5 Å². The minimum Gasteiger partial charge on any atom is -0.383 e. The molecule has 1 aromatic heterocycles. The lowest BCUT2D eigenvalue weighted by Crippen LogP contribution is -1.96. The Bertz CT molecular complexity index is 469. The quantitative estimate of drug-likeness (QED) is 0.757. The molecule has 0 amide bonds. The van der Waals surface area contributed by atoms with E-state index in [-0.39, 0.29) is 0 Å². The zero-order chi connectivity index (χ0) is 10.8. The fourth-order valence-electron chi connectivity index (χ4n) is 1.32. The molecule has 1 heterocycles. The van der Waals surface area contributed by atoms with Crippen LogP contribution in [0.25, 0.3) is 0 Å². The molecule has 2 aromatic rings.